The Labute approximate surface area is 91.6 Å². The van der Waals surface area contributed by atoms with Crippen LogP contribution in [0.1, 0.15) is 19.2 Å². The van der Waals surface area contributed by atoms with Crippen molar-refractivity contribution in [2.45, 2.75) is 25.9 Å². The molecule has 5 heteroatoms. The van der Waals surface area contributed by atoms with Gasteiger partial charge in [-0.25, -0.2) is 0 Å². The lowest BCUT2D eigenvalue weighted by Gasteiger charge is -1.98. The van der Waals surface area contributed by atoms with Gasteiger partial charge >= 0.3 is 0 Å². The van der Waals surface area contributed by atoms with Crippen molar-refractivity contribution < 1.29 is 9.63 Å². The van der Waals surface area contributed by atoms with E-state index in [1.54, 1.807) is 18.3 Å². The highest BCUT2D eigenvalue weighted by molar-refractivity contribution is 7.08. The van der Waals surface area contributed by atoms with Crippen molar-refractivity contribution in [1.29, 1.82) is 0 Å². The van der Waals surface area contributed by atoms with Crippen LogP contribution < -0.4 is 0 Å². The van der Waals surface area contributed by atoms with Crippen molar-refractivity contribution in [3.8, 4) is 11.4 Å². The van der Waals surface area contributed by atoms with Crippen molar-refractivity contribution in [3.63, 3.8) is 0 Å². The van der Waals surface area contributed by atoms with Gasteiger partial charge in [-0.15, -0.1) is 0 Å². The normalized spacial score (nSPS) is 12.9. The summed E-state index contributed by atoms with van der Waals surface area (Å²) >= 11 is 1.60. The Morgan fingerprint density at radius 1 is 1.60 bits per heavy atom. The zero-order valence-corrected chi connectivity index (χ0v) is 9.20. The van der Waals surface area contributed by atoms with Gasteiger partial charge in [-0.2, -0.15) is 16.3 Å². The number of rotatable bonds is 4. The van der Waals surface area contributed by atoms with Crippen LogP contribution in [-0.4, -0.2) is 21.4 Å². The number of hydrogen-bond donors (Lipinski definition) is 1. The van der Waals surface area contributed by atoms with E-state index in [0.717, 1.165) is 5.56 Å². The van der Waals surface area contributed by atoms with Crippen molar-refractivity contribution in [3.05, 3.63) is 22.7 Å². The maximum Gasteiger partial charge on any atom is 0.227 e. The van der Waals surface area contributed by atoms with E-state index in [1.165, 1.54) is 0 Å². The van der Waals surface area contributed by atoms with Crippen LogP contribution in [0, 0.1) is 0 Å². The van der Waals surface area contributed by atoms with Gasteiger partial charge in [0.1, 0.15) is 0 Å². The van der Waals surface area contributed by atoms with Gasteiger partial charge in [0.2, 0.25) is 11.7 Å². The summed E-state index contributed by atoms with van der Waals surface area (Å²) in [6, 6.07) is 1.95. The molecule has 0 bridgehead atoms. The van der Waals surface area contributed by atoms with Gasteiger partial charge in [0, 0.05) is 17.4 Å². The molecule has 0 saturated heterocycles. The molecule has 0 aliphatic rings. The molecule has 0 aliphatic heterocycles. The van der Waals surface area contributed by atoms with Gasteiger partial charge in [-0.3, -0.25) is 0 Å². The first-order valence-electron chi connectivity index (χ1n) is 4.79. The minimum absolute atomic E-state index is 0.332. The smallest absolute Gasteiger partial charge is 0.227 e. The molecule has 0 spiro atoms. The predicted octanol–water partition coefficient (Wildman–Crippen LogP) is 2.11. The zero-order valence-electron chi connectivity index (χ0n) is 8.38. The summed E-state index contributed by atoms with van der Waals surface area (Å²) in [5.74, 6) is 1.20. The second-order valence-corrected chi connectivity index (χ2v) is 4.19. The van der Waals surface area contributed by atoms with Gasteiger partial charge in [0.05, 0.1) is 6.10 Å². The maximum atomic E-state index is 9.12. The molecule has 15 heavy (non-hydrogen) atoms. The van der Waals surface area contributed by atoms with E-state index in [-0.39, 0.29) is 6.10 Å². The van der Waals surface area contributed by atoms with Crippen LogP contribution in [0.3, 0.4) is 0 Å². The Bertz CT molecular complexity index is 409. The highest BCUT2D eigenvalue weighted by Gasteiger charge is 2.09. The topological polar surface area (TPSA) is 59.2 Å². The molecule has 0 saturated carbocycles. The van der Waals surface area contributed by atoms with E-state index < -0.39 is 0 Å². The van der Waals surface area contributed by atoms with Crippen LogP contribution in [0.15, 0.2) is 21.3 Å². The van der Waals surface area contributed by atoms with Gasteiger partial charge in [0.15, 0.2) is 0 Å². The maximum absolute atomic E-state index is 9.12. The number of aliphatic hydroxyl groups is 1. The third kappa shape index (κ3) is 2.64. The fourth-order valence-electron chi connectivity index (χ4n) is 1.20. The monoisotopic (exact) mass is 224 g/mol. The van der Waals surface area contributed by atoms with Crippen molar-refractivity contribution in [1.82, 2.24) is 10.1 Å². The minimum Gasteiger partial charge on any atom is -0.393 e. The van der Waals surface area contributed by atoms with Gasteiger partial charge in [-0.1, -0.05) is 5.16 Å². The lowest BCUT2D eigenvalue weighted by Crippen LogP contribution is -2.01. The molecule has 2 aromatic rings. The zero-order chi connectivity index (χ0) is 10.7. The molecule has 2 aromatic heterocycles. The van der Waals surface area contributed by atoms with Crippen LogP contribution in [0.25, 0.3) is 11.4 Å². The molecule has 1 atom stereocenters. The summed E-state index contributed by atoms with van der Waals surface area (Å²) in [6.45, 7) is 1.75. The van der Waals surface area contributed by atoms with Crippen LogP contribution >= 0.6 is 11.3 Å². The lowest BCUT2D eigenvalue weighted by atomic mass is 10.2. The molecule has 0 radical (unpaired) electrons. The van der Waals surface area contributed by atoms with E-state index in [9.17, 15) is 0 Å². The van der Waals surface area contributed by atoms with E-state index in [0.29, 0.717) is 24.6 Å². The van der Waals surface area contributed by atoms with Crippen molar-refractivity contribution in [2.24, 2.45) is 0 Å². The Morgan fingerprint density at radius 2 is 2.47 bits per heavy atom. The van der Waals surface area contributed by atoms with E-state index in [4.69, 9.17) is 9.63 Å². The highest BCUT2D eigenvalue weighted by atomic mass is 32.1. The number of aromatic nitrogens is 2. The number of thiophene rings is 1. The minimum atomic E-state index is -0.332. The fourth-order valence-corrected chi connectivity index (χ4v) is 1.83. The summed E-state index contributed by atoms with van der Waals surface area (Å²) in [4.78, 5) is 4.24. The Morgan fingerprint density at radius 3 is 3.13 bits per heavy atom. The third-order valence-electron chi connectivity index (χ3n) is 2.02. The first-order valence-corrected chi connectivity index (χ1v) is 5.73. The summed E-state index contributed by atoms with van der Waals surface area (Å²) in [6.07, 6.45) is 0.932. The van der Waals surface area contributed by atoms with Crippen LogP contribution in [0.2, 0.25) is 0 Å². The summed E-state index contributed by atoms with van der Waals surface area (Å²) in [5, 5.41) is 16.9. The van der Waals surface area contributed by atoms with Crippen LogP contribution in [-0.2, 0) is 6.42 Å². The highest BCUT2D eigenvalue weighted by Crippen LogP contribution is 2.19. The fraction of sp³-hybridized carbons (Fsp3) is 0.400. The lowest BCUT2D eigenvalue weighted by molar-refractivity contribution is 0.180. The number of hydrogen-bond acceptors (Lipinski definition) is 5. The third-order valence-corrected chi connectivity index (χ3v) is 2.71. The summed E-state index contributed by atoms with van der Waals surface area (Å²) in [7, 11) is 0. The standard InChI is InChI=1S/C10H12N2O2S/c1-7(13)2-3-9-11-10(12-14-9)8-4-5-15-6-8/h4-7,13H,2-3H2,1H3. The average Bonchev–Trinajstić information content (AvgIpc) is 2.85. The molecule has 4 nitrogen and oxygen atoms in total. The Kier molecular flexibility index (Phi) is 3.13. The van der Waals surface area contributed by atoms with Gasteiger partial charge in [-0.05, 0) is 24.8 Å². The molecule has 2 heterocycles. The molecule has 1 N–H and O–H groups in total. The molecule has 1 unspecified atom stereocenters. The second-order valence-electron chi connectivity index (χ2n) is 3.41. The van der Waals surface area contributed by atoms with E-state index in [1.807, 2.05) is 16.8 Å². The summed E-state index contributed by atoms with van der Waals surface area (Å²) < 4.78 is 5.07. The molecule has 0 aliphatic carbocycles. The number of aliphatic hydroxyl groups excluding tert-OH is 1. The second kappa shape index (κ2) is 4.55. The molecule has 2 rings (SSSR count). The SMILES string of the molecule is CC(O)CCc1nc(-c2ccsc2)no1. The average molecular weight is 224 g/mol. The number of aryl methyl sites for hydroxylation is 1. The van der Waals surface area contributed by atoms with E-state index in [2.05, 4.69) is 10.1 Å². The quantitative estimate of drug-likeness (QED) is 0.864. The van der Waals surface area contributed by atoms with E-state index >= 15 is 0 Å². The largest absolute Gasteiger partial charge is 0.393 e. The molecular weight excluding hydrogens is 212 g/mol. The Balaban J connectivity index is 2.04. The van der Waals surface area contributed by atoms with Crippen LogP contribution in [0.4, 0.5) is 0 Å². The van der Waals surface area contributed by atoms with Crippen molar-refractivity contribution in [2.75, 3.05) is 0 Å². The molecular formula is C10H12N2O2S. The molecule has 0 fully saturated rings. The van der Waals surface area contributed by atoms with Gasteiger partial charge < -0.3 is 9.63 Å². The van der Waals surface area contributed by atoms with Gasteiger partial charge in [0.25, 0.3) is 0 Å². The summed E-state index contributed by atoms with van der Waals surface area (Å²) in [5.41, 5.74) is 0.979. The van der Waals surface area contributed by atoms with Crippen molar-refractivity contribution >= 4 is 11.3 Å². The number of nitrogens with zero attached hydrogens (tertiary/aromatic N) is 2. The van der Waals surface area contributed by atoms with Crippen LogP contribution in [0.5, 0.6) is 0 Å². The predicted molar refractivity (Wildman–Crippen MR) is 57.6 cm³/mol. The first-order chi connectivity index (χ1) is 7.25. The Hall–Kier alpha value is -1.20. The molecule has 0 aromatic carbocycles. The first kappa shape index (κ1) is 10.3. The molecule has 80 valence electrons. The molecule has 0 amide bonds.